The highest BCUT2D eigenvalue weighted by molar-refractivity contribution is 5.45. The monoisotopic (exact) mass is 346 g/mol. The van der Waals surface area contributed by atoms with Crippen LogP contribution in [0.15, 0.2) is 18.2 Å². The van der Waals surface area contributed by atoms with E-state index in [2.05, 4.69) is 49.3 Å². The molecule has 1 aromatic carbocycles. The highest BCUT2D eigenvalue weighted by Crippen LogP contribution is 2.37. The van der Waals surface area contributed by atoms with Gasteiger partial charge in [-0.05, 0) is 81.9 Å². The van der Waals surface area contributed by atoms with E-state index in [4.69, 9.17) is 9.47 Å². The summed E-state index contributed by atoms with van der Waals surface area (Å²) in [5.41, 5.74) is 1.40. The molecule has 0 aromatic heterocycles. The molecule has 2 aliphatic heterocycles. The molecule has 1 atom stereocenters. The molecular weight excluding hydrogens is 312 g/mol. The number of ether oxygens (including phenoxy) is 2. The zero-order valence-electron chi connectivity index (χ0n) is 16.1. The van der Waals surface area contributed by atoms with Crippen molar-refractivity contribution >= 4 is 0 Å². The predicted octanol–water partition coefficient (Wildman–Crippen LogP) is 4.01. The highest BCUT2D eigenvalue weighted by Gasteiger charge is 2.20. The molecule has 0 saturated carbocycles. The zero-order valence-corrected chi connectivity index (χ0v) is 16.1. The number of rotatable bonds is 8. The average Bonchev–Trinajstić information content (AvgIpc) is 3.07. The molecular formula is C21H34N2O2. The zero-order chi connectivity index (χ0) is 17.6. The second-order valence-electron chi connectivity index (χ2n) is 8.10. The first-order chi connectivity index (χ1) is 12.1. The first-order valence-electron chi connectivity index (χ1n) is 9.93. The van der Waals surface area contributed by atoms with Gasteiger partial charge in [-0.15, -0.1) is 0 Å². The van der Waals surface area contributed by atoms with Crippen LogP contribution in [0.1, 0.15) is 57.4 Å². The van der Waals surface area contributed by atoms with Crippen LogP contribution in [0, 0.1) is 5.92 Å². The largest absolute Gasteiger partial charge is 0.454 e. The number of fused-ring (bicyclic) bond motifs is 1. The summed E-state index contributed by atoms with van der Waals surface area (Å²) >= 11 is 0. The molecule has 1 N–H and O–H groups in total. The van der Waals surface area contributed by atoms with Gasteiger partial charge in [0, 0.05) is 6.04 Å². The summed E-state index contributed by atoms with van der Waals surface area (Å²) in [7, 11) is 2.22. The van der Waals surface area contributed by atoms with E-state index in [0.29, 0.717) is 18.8 Å². The first-order valence-corrected chi connectivity index (χ1v) is 9.93. The molecule has 0 bridgehead atoms. The third kappa shape index (κ3) is 5.35. The van der Waals surface area contributed by atoms with Gasteiger partial charge in [0.25, 0.3) is 0 Å². The van der Waals surface area contributed by atoms with Gasteiger partial charge in [0.05, 0.1) is 0 Å². The third-order valence-corrected chi connectivity index (χ3v) is 5.60. The molecule has 140 valence electrons. The van der Waals surface area contributed by atoms with Crippen molar-refractivity contribution in [1.29, 1.82) is 0 Å². The van der Waals surface area contributed by atoms with E-state index in [1.807, 2.05) is 0 Å². The number of hydrogen-bond donors (Lipinski definition) is 1. The number of piperidine rings is 1. The molecule has 4 heteroatoms. The molecule has 2 heterocycles. The molecule has 3 rings (SSSR count). The van der Waals surface area contributed by atoms with Gasteiger partial charge >= 0.3 is 0 Å². The van der Waals surface area contributed by atoms with Gasteiger partial charge in [-0.1, -0.05) is 26.3 Å². The van der Waals surface area contributed by atoms with Crippen molar-refractivity contribution in [1.82, 2.24) is 10.2 Å². The molecule has 0 spiro atoms. The molecule has 2 aliphatic rings. The SMILES string of the molecule is CC(C)CC[C@H](CCNC1CCN(C)CC1)c1ccc2c(c1)OCO2. The molecule has 25 heavy (non-hydrogen) atoms. The van der Waals surface area contributed by atoms with Crippen LogP contribution in [0.4, 0.5) is 0 Å². The van der Waals surface area contributed by atoms with Crippen molar-refractivity contribution in [3.05, 3.63) is 23.8 Å². The Morgan fingerprint density at radius 2 is 1.84 bits per heavy atom. The van der Waals surface area contributed by atoms with Gasteiger partial charge in [0.2, 0.25) is 6.79 Å². The molecule has 0 aliphatic carbocycles. The van der Waals surface area contributed by atoms with Crippen LogP contribution in [0.3, 0.4) is 0 Å². The highest BCUT2D eigenvalue weighted by atomic mass is 16.7. The number of hydrogen-bond acceptors (Lipinski definition) is 4. The minimum Gasteiger partial charge on any atom is -0.454 e. The molecule has 1 fully saturated rings. The van der Waals surface area contributed by atoms with Crippen LogP contribution >= 0.6 is 0 Å². The maximum absolute atomic E-state index is 5.58. The lowest BCUT2D eigenvalue weighted by Gasteiger charge is -2.30. The summed E-state index contributed by atoms with van der Waals surface area (Å²) < 4.78 is 11.0. The fraction of sp³-hybridized carbons (Fsp3) is 0.714. The Balaban J connectivity index is 1.55. The Labute approximate surface area is 152 Å². The van der Waals surface area contributed by atoms with Gasteiger partial charge < -0.3 is 19.7 Å². The Bertz CT molecular complexity index is 539. The van der Waals surface area contributed by atoms with Gasteiger partial charge in [0.1, 0.15) is 0 Å². The Kier molecular flexibility index (Phi) is 6.60. The molecule has 0 unspecified atom stereocenters. The van der Waals surface area contributed by atoms with Gasteiger partial charge in [-0.3, -0.25) is 0 Å². The fourth-order valence-corrected chi connectivity index (χ4v) is 3.85. The Morgan fingerprint density at radius 1 is 1.08 bits per heavy atom. The van der Waals surface area contributed by atoms with Crippen molar-refractivity contribution in [2.45, 2.75) is 57.9 Å². The number of likely N-dealkylation sites (tertiary alicyclic amines) is 1. The van der Waals surface area contributed by atoms with Crippen LogP contribution in [0.2, 0.25) is 0 Å². The van der Waals surface area contributed by atoms with E-state index >= 15 is 0 Å². The topological polar surface area (TPSA) is 33.7 Å². The van der Waals surface area contributed by atoms with Crippen molar-refractivity contribution in [3.63, 3.8) is 0 Å². The van der Waals surface area contributed by atoms with Crippen LogP contribution in [-0.4, -0.2) is 44.4 Å². The van der Waals surface area contributed by atoms with E-state index in [0.717, 1.165) is 24.0 Å². The molecule has 0 radical (unpaired) electrons. The lowest BCUT2D eigenvalue weighted by atomic mass is 9.88. The van der Waals surface area contributed by atoms with E-state index < -0.39 is 0 Å². The van der Waals surface area contributed by atoms with Crippen molar-refractivity contribution in [3.8, 4) is 11.5 Å². The van der Waals surface area contributed by atoms with Gasteiger partial charge in [-0.25, -0.2) is 0 Å². The van der Waals surface area contributed by atoms with Gasteiger partial charge in [-0.2, -0.15) is 0 Å². The minimum atomic E-state index is 0.354. The Morgan fingerprint density at radius 3 is 2.60 bits per heavy atom. The van der Waals surface area contributed by atoms with Crippen LogP contribution < -0.4 is 14.8 Å². The van der Waals surface area contributed by atoms with Crippen LogP contribution in [0.25, 0.3) is 0 Å². The summed E-state index contributed by atoms with van der Waals surface area (Å²) in [6.45, 7) is 8.52. The molecule has 1 aromatic rings. The first kappa shape index (κ1) is 18.5. The Hall–Kier alpha value is -1.26. The van der Waals surface area contributed by atoms with E-state index in [1.54, 1.807) is 0 Å². The molecule has 1 saturated heterocycles. The second kappa shape index (κ2) is 8.91. The maximum atomic E-state index is 5.58. The summed E-state index contributed by atoms with van der Waals surface area (Å²) in [5, 5.41) is 3.80. The number of nitrogens with one attached hydrogen (secondary N) is 1. The van der Waals surface area contributed by atoms with Crippen LogP contribution in [-0.2, 0) is 0 Å². The lowest BCUT2D eigenvalue weighted by molar-refractivity contribution is 0.174. The maximum Gasteiger partial charge on any atom is 0.231 e. The van der Waals surface area contributed by atoms with Crippen molar-refractivity contribution in [2.24, 2.45) is 5.92 Å². The summed E-state index contributed by atoms with van der Waals surface area (Å²) in [6, 6.07) is 7.19. The van der Waals surface area contributed by atoms with Crippen molar-refractivity contribution < 1.29 is 9.47 Å². The average molecular weight is 347 g/mol. The second-order valence-corrected chi connectivity index (χ2v) is 8.10. The lowest BCUT2D eigenvalue weighted by Crippen LogP contribution is -2.41. The van der Waals surface area contributed by atoms with Gasteiger partial charge in [0.15, 0.2) is 11.5 Å². The number of benzene rings is 1. The van der Waals surface area contributed by atoms with Crippen molar-refractivity contribution in [2.75, 3.05) is 33.5 Å². The summed E-state index contributed by atoms with van der Waals surface area (Å²) in [5.74, 6) is 3.14. The fourth-order valence-electron chi connectivity index (χ4n) is 3.85. The predicted molar refractivity (Wildman–Crippen MR) is 103 cm³/mol. The molecule has 0 amide bonds. The third-order valence-electron chi connectivity index (χ3n) is 5.60. The van der Waals surface area contributed by atoms with E-state index in [-0.39, 0.29) is 0 Å². The summed E-state index contributed by atoms with van der Waals surface area (Å²) in [4.78, 5) is 2.43. The normalized spacial score (nSPS) is 19.5. The van der Waals surface area contributed by atoms with E-state index in [1.165, 1.54) is 50.8 Å². The number of nitrogens with zero attached hydrogens (tertiary/aromatic N) is 1. The van der Waals surface area contributed by atoms with Crippen LogP contribution in [0.5, 0.6) is 11.5 Å². The minimum absolute atomic E-state index is 0.354. The van der Waals surface area contributed by atoms with E-state index in [9.17, 15) is 0 Å². The standard InChI is InChI=1S/C21H34N2O2/c1-16(2)4-5-17(8-11-22-19-9-12-23(3)13-10-19)18-6-7-20-21(14-18)25-15-24-20/h6-7,14,16-17,19,22H,4-5,8-13,15H2,1-3H3/t17-/m1/s1. The quantitative estimate of drug-likeness (QED) is 0.771. The smallest absolute Gasteiger partial charge is 0.231 e. The molecule has 4 nitrogen and oxygen atoms in total. The summed E-state index contributed by atoms with van der Waals surface area (Å²) in [6.07, 6.45) is 6.26.